The van der Waals surface area contributed by atoms with E-state index < -0.39 is 0 Å². The first-order valence-corrected chi connectivity index (χ1v) is 8.53. The lowest BCUT2D eigenvalue weighted by Crippen LogP contribution is -2.25. The molecule has 26 heavy (non-hydrogen) atoms. The molecule has 0 radical (unpaired) electrons. The van der Waals surface area contributed by atoms with Crippen molar-refractivity contribution in [2.45, 2.75) is 40.0 Å². The molecule has 138 valence electrons. The van der Waals surface area contributed by atoms with E-state index in [-0.39, 0.29) is 23.7 Å². The first-order valence-electron chi connectivity index (χ1n) is 8.53. The van der Waals surface area contributed by atoms with Gasteiger partial charge in [0.25, 0.3) is 5.91 Å². The van der Waals surface area contributed by atoms with Gasteiger partial charge in [-0.25, -0.2) is 5.43 Å². The SMILES string of the molecule is C/C(=N/NC(=O)COc1ccc(C(C)(C)C)cc1C)c1ccc(O)cc1. The molecule has 0 saturated heterocycles. The van der Waals surface area contributed by atoms with E-state index in [9.17, 15) is 9.90 Å². The molecule has 0 saturated carbocycles. The average molecular weight is 354 g/mol. The second-order valence-electron chi connectivity index (χ2n) is 7.30. The molecule has 0 aromatic heterocycles. The van der Waals surface area contributed by atoms with Gasteiger partial charge in [0.2, 0.25) is 0 Å². The number of rotatable bonds is 5. The van der Waals surface area contributed by atoms with Gasteiger partial charge in [0.05, 0.1) is 5.71 Å². The summed E-state index contributed by atoms with van der Waals surface area (Å²) < 4.78 is 5.61. The molecule has 5 heteroatoms. The van der Waals surface area contributed by atoms with Crippen LogP contribution in [-0.4, -0.2) is 23.3 Å². The molecular formula is C21H26N2O3. The minimum absolute atomic E-state index is 0.0706. The van der Waals surface area contributed by atoms with E-state index in [1.54, 1.807) is 31.2 Å². The lowest BCUT2D eigenvalue weighted by Gasteiger charge is -2.20. The molecule has 2 aromatic rings. The van der Waals surface area contributed by atoms with Gasteiger partial charge in [-0.05, 0) is 66.3 Å². The van der Waals surface area contributed by atoms with Gasteiger partial charge in [-0.1, -0.05) is 32.9 Å². The summed E-state index contributed by atoms with van der Waals surface area (Å²) in [5.41, 5.74) is 6.23. The van der Waals surface area contributed by atoms with Crippen LogP contribution in [0.15, 0.2) is 47.6 Å². The highest BCUT2D eigenvalue weighted by molar-refractivity contribution is 5.99. The molecule has 0 bridgehead atoms. The van der Waals surface area contributed by atoms with Crippen molar-refractivity contribution in [3.63, 3.8) is 0 Å². The highest BCUT2D eigenvalue weighted by Crippen LogP contribution is 2.27. The summed E-state index contributed by atoms with van der Waals surface area (Å²) in [7, 11) is 0. The summed E-state index contributed by atoms with van der Waals surface area (Å²) in [4.78, 5) is 12.0. The monoisotopic (exact) mass is 354 g/mol. The molecule has 0 heterocycles. The average Bonchev–Trinajstić information content (AvgIpc) is 2.58. The Balaban J connectivity index is 1.92. The van der Waals surface area contributed by atoms with Crippen LogP contribution in [0.3, 0.4) is 0 Å². The molecule has 0 unspecified atom stereocenters. The van der Waals surface area contributed by atoms with Gasteiger partial charge in [-0.15, -0.1) is 0 Å². The number of benzene rings is 2. The fourth-order valence-corrected chi connectivity index (χ4v) is 2.37. The van der Waals surface area contributed by atoms with Crippen LogP contribution in [0.5, 0.6) is 11.5 Å². The zero-order valence-electron chi connectivity index (χ0n) is 16.0. The molecule has 2 rings (SSSR count). The number of aryl methyl sites for hydroxylation is 1. The number of ether oxygens (including phenoxy) is 1. The minimum Gasteiger partial charge on any atom is -0.508 e. The van der Waals surface area contributed by atoms with Crippen LogP contribution in [0.25, 0.3) is 0 Å². The molecule has 1 amide bonds. The molecule has 0 fully saturated rings. The zero-order valence-corrected chi connectivity index (χ0v) is 16.0. The summed E-state index contributed by atoms with van der Waals surface area (Å²) in [6, 6.07) is 12.6. The highest BCUT2D eigenvalue weighted by Gasteiger charge is 2.15. The van der Waals surface area contributed by atoms with E-state index in [4.69, 9.17) is 4.74 Å². The van der Waals surface area contributed by atoms with Crippen molar-refractivity contribution in [3.8, 4) is 11.5 Å². The van der Waals surface area contributed by atoms with Gasteiger partial charge in [-0.3, -0.25) is 4.79 Å². The number of carbonyl (C=O) groups is 1. The number of amides is 1. The Kier molecular flexibility index (Phi) is 6.03. The Morgan fingerprint density at radius 1 is 1.15 bits per heavy atom. The topological polar surface area (TPSA) is 70.9 Å². The predicted molar refractivity (Wildman–Crippen MR) is 104 cm³/mol. The van der Waals surface area contributed by atoms with Crippen LogP contribution in [0.1, 0.15) is 44.4 Å². The second kappa shape index (κ2) is 8.04. The van der Waals surface area contributed by atoms with Crippen LogP contribution >= 0.6 is 0 Å². The summed E-state index contributed by atoms with van der Waals surface area (Å²) in [6.45, 7) is 10.1. The third-order valence-corrected chi connectivity index (χ3v) is 4.03. The van der Waals surface area contributed by atoms with Crippen molar-refractivity contribution in [1.82, 2.24) is 5.43 Å². The summed E-state index contributed by atoms with van der Waals surface area (Å²) in [6.07, 6.45) is 0. The van der Waals surface area contributed by atoms with Crippen LogP contribution in [0.4, 0.5) is 0 Å². The number of hydrazone groups is 1. The Morgan fingerprint density at radius 3 is 2.38 bits per heavy atom. The lowest BCUT2D eigenvalue weighted by molar-refractivity contribution is -0.123. The lowest BCUT2D eigenvalue weighted by atomic mass is 9.86. The van der Waals surface area contributed by atoms with Crippen molar-refractivity contribution in [1.29, 1.82) is 0 Å². The fraction of sp³-hybridized carbons (Fsp3) is 0.333. The zero-order chi connectivity index (χ0) is 19.3. The normalized spacial score (nSPS) is 12.0. The van der Waals surface area contributed by atoms with E-state index >= 15 is 0 Å². The Bertz CT molecular complexity index is 803. The Hall–Kier alpha value is -2.82. The van der Waals surface area contributed by atoms with Gasteiger partial charge in [0.15, 0.2) is 6.61 Å². The largest absolute Gasteiger partial charge is 0.508 e. The third kappa shape index (κ3) is 5.34. The quantitative estimate of drug-likeness (QED) is 0.631. The molecule has 0 aliphatic rings. The van der Waals surface area contributed by atoms with Crippen LogP contribution < -0.4 is 10.2 Å². The van der Waals surface area contributed by atoms with Crippen molar-refractivity contribution in [2.24, 2.45) is 5.10 Å². The molecule has 2 N–H and O–H groups in total. The number of hydrogen-bond acceptors (Lipinski definition) is 4. The molecule has 0 spiro atoms. The van der Waals surface area contributed by atoms with Gasteiger partial charge < -0.3 is 9.84 Å². The maximum Gasteiger partial charge on any atom is 0.277 e. The van der Waals surface area contributed by atoms with E-state index in [2.05, 4.69) is 37.4 Å². The van der Waals surface area contributed by atoms with Crippen molar-refractivity contribution >= 4 is 11.6 Å². The summed E-state index contributed by atoms with van der Waals surface area (Å²) >= 11 is 0. The number of nitrogens with zero attached hydrogens (tertiary/aromatic N) is 1. The van der Waals surface area contributed by atoms with Crippen LogP contribution in [0.2, 0.25) is 0 Å². The van der Waals surface area contributed by atoms with E-state index in [1.165, 1.54) is 5.56 Å². The number of aromatic hydroxyl groups is 1. The smallest absolute Gasteiger partial charge is 0.277 e. The van der Waals surface area contributed by atoms with E-state index in [0.717, 1.165) is 11.1 Å². The summed E-state index contributed by atoms with van der Waals surface area (Å²) in [5, 5.41) is 13.4. The van der Waals surface area contributed by atoms with Gasteiger partial charge >= 0.3 is 0 Å². The molecule has 5 nitrogen and oxygen atoms in total. The first-order chi connectivity index (χ1) is 12.2. The highest BCUT2D eigenvalue weighted by atomic mass is 16.5. The van der Waals surface area contributed by atoms with Crippen molar-refractivity contribution < 1.29 is 14.6 Å². The standard InChI is InChI=1S/C21H26N2O3/c1-14-12-17(21(3,4)5)8-11-19(14)26-13-20(25)23-22-15(2)16-6-9-18(24)10-7-16/h6-12,24H,13H2,1-5H3,(H,23,25)/b22-15-. The number of phenols is 1. The second-order valence-corrected chi connectivity index (χ2v) is 7.30. The maximum atomic E-state index is 12.0. The van der Waals surface area contributed by atoms with Gasteiger partial charge in [0.1, 0.15) is 11.5 Å². The number of hydrogen-bond donors (Lipinski definition) is 2. The number of phenolic OH excluding ortho intramolecular Hbond substituents is 1. The van der Waals surface area contributed by atoms with Crippen LogP contribution in [0, 0.1) is 6.92 Å². The Labute approximate surface area is 154 Å². The first kappa shape index (κ1) is 19.5. The molecule has 0 aliphatic heterocycles. The summed E-state index contributed by atoms with van der Waals surface area (Å²) in [5.74, 6) is 0.543. The Morgan fingerprint density at radius 2 is 1.81 bits per heavy atom. The van der Waals surface area contributed by atoms with Crippen molar-refractivity contribution in [2.75, 3.05) is 6.61 Å². The number of carbonyl (C=O) groups excluding carboxylic acids is 1. The van der Waals surface area contributed by atoms with E-state index in [1.807, 2.05) is 19.1 Å². The maximum absolute atomic E-state index is 12.0. The molecule has 0 atom stereocenters. The molecular weight excluding hydrogens is 328 g/mol. The van der Waals surface area contributed by atoms with Crippen LogP contribution in [-0.2, 0) is 10.2 Å². The van der Waals surface area contributed by atoms with E-state index in [0.29, 0.717) is 11.5 Å². The molecule has 0 aliphatic carbocycles. The predicted octanol–water partition coefficient (Wildman–Crippen LogP) is 3.92. The van der Waals surface area contributed by atoms with Gasteiger partial charge in [-0.2, -0.15) is 5.10 Å². The minimum atomic E-state index is -0.331. The third-order valence-electron chi connectivity index (χ3n) is 4.03. The fourth-order valence-electron chi connectivity index (χ4n) is 2.37. The van der Waals surface area contributed by atoms with Crippen molar-refractivity contribution in [3.05, 3.63) is 59.2 Å². The molecule has 2 aromatic carbocycles. The van der Waals surface area contributed by atoms with Gasteiger partial charge in [0, 0.05) is 0 Å². The number of nitrogens with one attached hydrogen (secondary N) is 1.